The molecule has 0 aromatic heterocycles. The Morgan fingerprint density at radius 3 is 2.05 bits per heavy atom. The summed E-state index contributed by atoms with van der Waals surface area (Å²) in [5.41, 5.74) is 5.07. The molecule has 0 spiro atoms. The number of ether oxygens (including phenoxy) is 1. The van der Waals surface area contributed by atoms with Crippen molar-refractivity contribution < 1.29 is 9.53 Å². The Labute approximate surface area is 118 Å². The van der Waals surface area contributed by atoms with Gasteiger partial charge in [-0.2, -0.15) is 0 Å². The number of hydrogen-bond donors (Lipinski definition) is 1. The number of nitrogens with zero attached hydrogens (tertiary/aromatic N) is 2. The predicted molar refractivity (Wildman–Crippen MR) is 79.3 cm³/mol. The van der Waals surface area contributed by atoms with E-state index in [2.05, 4.69) is 19.0 Å². The lowest BCUT2D eigenvalue weighted by molar-refractivity contribution is 0.0245. The molecule has 0 radical (unpaired) electrons. The summed E-state index contributed by atoms with van der Waals surface area (Å²) in [6.45, 7) is 8.71. The average molecular weight is 273 g/mol. The molecule has 0 aliphatic heterocycles. The zero-order valence-electron chi connectivity index (χ0n) is 13.2. The van der Waals surface area contributed by atoms with E-state index >= 15 is 0 Å². The molecule has 1 amide bonds. The fourth-order valence-electron chi connectivity index (χ4n) is 1.63. The van der Waals surface area contributed by atoms with Crippen molar-refractivity contribution in [3.8, 4) is 0 Å². The standard InChI is InChI=1S/C14H31N3O2/c1-14(2,3)19-13(18)17(12-8-9-15)11-7-6-10-16(4)5/h6-12,15H2,1-5H3. The lowest BCUT2D eigenvalue weighted by Gasteiger charge is -2.27. The summed E-state index contributed by atoms with van der Waals surface area (Å²) in [6, 6.07) is 0. The molecule has 0 bridgehead atoms. The summed E-state index contributed by atoms with van der Waals surface area (Å²) < 4.78 is 5.41. The highest BCUT2D eigenvalue weighted by Crippen LogP contribution is 2.11. The molecule has 0 heterocycles. The van der Waals surface area contributed by atoms with Crippen LogP contribution in [-0.4, -0.2) is 61.8 Å². The predicted octanol–water partition coefficient (Wildman–Crippen LogP) is 1.91. The zero-order chi connectivity index (χ0) is 14.9. The second-order valence-electron chi connectivity index (χ2n) is 6.12. The van der Waals surface area contributed by atoms with Crippen LogP contribution in [0, 0.1) is 0 Å². The van der Waals surface area contributed by atoms with Crippen LogP contribution in [0.4, 0.5) is 4.79 Å². The van der Waals surface area contributed by atoms with Gasteiger partial charge in [-0.15, -0.1) is 0 Å². The van der Waals surface area contributed by atoms with Crippen LogP contribution in [0.15, 0.2) is 0 Å². The molecule has 0 aliphatic carbocycles. The van der Waals surface area contributed by atoms with Crippen molar-refractivity contribution in [3.05, 3.63) is 0 Å². The molecule has 0 rings (SSSR count). The van der Waals surface area contributed by atoms with Crippen LogP contribution in [0.5, 0.6) is 0 Å². The minimum Gasteiger partial charge on any atom is -0.444 e. The second kappa shape index (κ2) is 9.15. The van der Waals surface area contributed by atoms with Crippen LogP contribution in [0.25, 0.3) is 0 Å². The van der Waals surface area contributed by atoms with Gasteiger partial charge in [-0.05, 0) is 67.2 Å². The van der Waals surface area contributed by atoms with Crippen molar-refractivity contribution in [2.75, 3.05) is 40.3 Å². The SMILES string of the molecule is CN(C)CCCCN(CCCN)C(=O)OC(C)(C)C. The first-order valence-electron chi connectivity index (χ1n) is 7.09. The first kappa shape index (κ1) is 18.2. The molecule has 5 heteroatoms. The van der Waals surface area contributed by atoms with E-state index in [1.54, 1.807) is 4.90 Å². The number of amides is 1. The number of nitrogens with two attached hydrogens (primary N) is 1. The van der Waals surface area contributed by atoms with Crippen LogP contribution in [0.2, 0.25) is 0 Å². The maximum Gasteiger partial charge on any atom is 0.410 e. The number of carbonyl (C=O) groups is 1. The minimum absolute atomic E-state index is 0.231. The number of carbonyl (C=O) groups excluding carboxylic acids is 1. The van der Waals surface area contributed by atoms with Crippen LogP contribution in [-0.2, 0) is 4.74 Å². The molecule has 0 aromatic rings. The van der Waals surface area contributed by atoms with Crippen molar-refractivity contribution in [3.63, 3.8) is 0 Å². The quantitative estimate of drug-likeness (QED) is 0.686. The summed E-state index contributed by atoms with van der Waals surface area (Å²) in [4.78, 5) is 16.0. The van der Waals surface area contributed by atoms with Gasteiger partial charge < -0.3 is 20.3 Å². The van der Waals surface area contributed by atoms with Gasteiger partial charge >= 0.3 is 6.09 Å². The normalized spacial score (nSPS) is 11.7. The van der Waals surface area contributed by atoms with Crippen molar-refractivity contribution in [2.24, 2.45) is 5.73 Å². The highest BCUT2D eigenvalue weighted by atomic mass is 16.6. The van der Waals surface area contributed by atoms with Gasteiger partial charge in [0.1, 0.15) is 5.60 Å². The summed E-state index contributed by atoms with van der Waals surface area (Å²) in [5.74, 6) is 0. The monoisotopic (exact) mass is 273 g/mol. The van der Waals surface area contributed by atoms with Gasteiger partial charge in [-0.3, -0.25) is 0 Å². The number of hydrogen-bond acceptors (Lipinski definition) is 4. The van der Waals surface area contributed by atoms with E-state index in [9.17, 15) is 4.79 Å². The molecular formula is C14H31N3O2. The van der Waals surface area contributed by atoms with Gasteiger partial charge in [0.05, 0.1) is 0 Å². The van der Waals surface area contributed by atoms with Crippen LogP contribution < -0.4 is 5.73 Å². The highest BCUT2D eigenvalue weighted by molar-refractivity contribution is 5.68. The van der Waals surface area contributed by atoms with E-state index < -0.39 is 5.60 Å². The fourth-order valence-corrected chi connectivity index (χ4v) is 1.63. The number of rotatable bonds is 8. The third-order valence-electron chi connectivity index (χ3n) is 2.57. The molecule has 5 nitrogen and oxygen atoms in total. The van der Waals surface area contributed by atoms with E-state index in [1.807, 2.05) is 20.8 Å². The minimum atomic E-state index is -0.443. The van der Waals surface area contributed by atoms with Gasteiger partial charge in [-0.25, -0.2) is 4.79 Å². The van der Waals surface area contributed by atoms with Gasteiger partial charge in [0, 0.05) is 13.1 Å². The van der Waals surface area contributed by atoms with Crippen LogP contribution in [0.1, 0.15) is 40.0 Å². The van der Waals surface area contributed by atoms with E-state index in [0.717, 1.165) is 32.4 Å². The zero-order valence-corrected chi connectivity index (χ0v) is 13.2. The van der Waals surface area contributed by atoms with E-state index in [0.29, 0.717) is 13.1 Å². The Morgan fingerprint density at radius 2 is 1.58 bits per heavy atom. The summed E-state index contributed by atoms with van der Waals surface area (Å²) in [7, 11) is 4.11. The molecule has 0 fully saturated rings. The second-order valence-corrected chi connectivity index (χ2v) is 6.12. The molecule has 0 aromatic carbocycles. The smallest absolute Gasteiger partial charge is 0.410 e. The largest absolute Gasteiger partial charge is 0.444 e. The van der Waals surface area contributed by atoms with Gasteiger partial charge in [0.25, 0.3) is 0 Å². The third-order valence-corrected chi connectivity index (χ3v) is 2.57. The van der Waals surface area contributed by atoms with Crippen molar-refractivity contribution in [1.82, 2.24) is 9.80 Å². The van der Waals surface area contributed by atoms with E-state index in [-0.39, 0.29) is 6.09 Å². The molecule has 0 saturated carbocycles. The topological polar surface area (TPSA) is 58.8 Å². The highest BCUT2D eigenvalue weighted by Gasteiger charge is 2.21. The Balaban J connectivity index is 4.17. The molecule has 0 unspecified atom stereocenters. The molecular weight excluding hydrogens is 242 g/mol. The first-order valence-corrected chi connectivity index (χ1v) is 7.09. The van der Waals surface area contributed by atoms with E-state index in [4.69, 9.17) is 10.5 Å². The molecule has 2 N–H and O–H groups in total. The average Bonchev–Trinajstić information content (AvgIpc) is 2.25. The van der Waals surface area contributed by atoms with E-state index in [1.165, 1.54) is 0 Å². The molecule has 114 valence electrons. The molecule has 19 heavy (non-hydrogen) atoms. The molecule has 0 atom stereocenters. The summed E-state index contributed by atoms with van der Waals surface area (Å²) in [5, 5.41) is 0. The maximum absolute atomic E-state index is 12.0. The lowest BCUT2D eigenvalue weighted by Crippen LogP contribution is -2.38. The first-order chi connectivity index (χ1) is 8.76. The number of unbranched alkanes of at least 4 members (excludes halogenated alkanes) is 1. The molecule has 0 aliphatic rings. The lowest BCUT2D eigenvalue weighted by atomic mass is 10.2. The van der Waals surface area contributed by atoms with Gasteiger partial charge in [0.2, 0.25) is 0 Å². The maximum atomic E-state index is 12.0. The van der Waals surface area contributed by atoms with Crippen molar-refractivity contribution in [1.29, 1.82) is 0 Å². The van der Waals surface area contributed by atoms with Crippen LogP contribution in [0.3, 0.4) is 0 Å². The molecule has 0 saturated heterocycles. The van der Waals surface area contributed by atoms with Gasteiger partial charge in [0.15, 0.2) is 0 Å². The summed E-state index contributed by atoms with van der Waals surface area (Å²) in [6.07, 6.45) is 2.65. The summed E-state index contributed by atoms with van der Waals surface area (Å²) >= 11 is 0. The van der Waals surface area contributed by atoms with Gasteiger partial charge in [-0.1, -0.05) is 0 Å². The van der Waals surface area contributed by atoms with Crippen molar-refractivity contribution in [2.45, 2.75) is 45.6 Å². The Kier molecular flexibility index (Phi) is 8.76. The van der Waals surface area contributed by atoms with Crippen molar-refractivity contribution >= 4 is 6.09 Å². The fraction of sp³-hybridized carbons (Fsp3) is 0.929. The Hall–Kier alpha value is -0.810. The third kappa shape index (κ3) is 10.8. The van der Waals surface area contributed by atoms with Crippen LogP contribution >= 0.6 is 0 Å². The Morgan fingerprint density at radius 1 is 1.05 bits per heavy atom. The Bertz CT molecular complexity index is 250.